The van der Waals surface area contributed by atoms with Gasteiger partial charge in [-0.25, -0.2) is 9.79 Å². The van der Waals surface area contributed by atoms with Gasteiger partial charge >= 0.3 is 5.97 Å². The number of carbonyl (C=O) groups is 1. The van der Waals surface area contributed by atoms with E-state index < -0.39 is 12.0 Å². The Balaban J connectivity index is 1.92. The fraction of sp³-hybridized carbons (Fsp3) is 0.370. The van der Waals surface area contributed by atoms with Crippen molar-refractivity contribution < 1.29 is 23.4 Å². The van der Waals surface area contributed by atoms with E-state index in [1.54, 1.807) is 45.2 Å². The lowest BCUT2D eigenvalue weighted by Gasteiger charge is -2.25. The Morgan fingerprint density at radius 1 is 1.24 bits per heavy atom. The van der Waals surface area contributed by atoms with Crippen molar-refractivity contribution in [2.45, 2.75) is 39.8 Å². The van der Waals surface area contributed by atoms with Crippen LogP contribution in [0.2, 0.25) is 0 Å². The number of allylic oxidation sites excluding steroid dienone is 1. The zero-order valence-electron chi connectivity index (χ0n) is 22.0. The van der Waals surface area contributed by atoms with Crippen molar-refractivity contribution in [3.8, 4) is 11.5 Å². The lowest BCUT2D eigenvalue weighted by atomic mass is 9.95. The molecule has 196 valence electrons. The maximum Gasteiger partial charge on any atom is 0.338 e. The third-order valence-corrected chi connectivity index (χ3v) is 6.69. The van der Waals surface area contributed by atoms with Gasteiger partial charge in [0.1, 0.15) is 5.76 Å². The number of anilines is 1. The van der Waals surface area contributed by atoms with E-state index in [0.717, 1.165) is 0 Å². The summed E-state index contributed by atoms with van der Waals surface area (Å²) in [5.74, 6) is 1.77. The summed E-state index contributed by atoms with van der Waals surface area (Å²) in [5, 5.41) is 0. The third kappa shape index (κ3) is 5.20. The molecule has 9 nitrogen and oxygen atoms in total. The fourth-order valence-corrected chi connectivity index (χ4v) is 5.13. The predicted molar refractivity (Wildman–Crippen MR) is 142 cm³/mol. The molecule has 1 atom stereocenters. The highest BCUT2D eigenvalue weighted by Crippen LogP contribution is 2.36. The Hall–Kier alpha value is -3.79. The largest absolute Gasteiger partial charge is 0.493 e. The number of benzene rings is 1. The molecule has 0 saturated heterocycles. The van der Waals surface area contributed by atoms with Crippen molar-refractivity contribution in [1.82, 2.24) is 4.57 Å². The Morgan fingerprint density at radius 3 is 2.62 bits per heavy atom. The average molecular weight is 526 g/mol. The number of furan rings is 1. The second-order valence-electron chi connectivity index (χ2n) is 8.95. The molecule has 2 aromatic heterocycles. The molecule has 0 fully saturated rings. The van der Waals surface area contributed by atoms with Gasteiger partial charge < -0.3 is 23.5 Å². The highest BCUT2D eigenvalue weighted by molar-refractivity contribution is 7.07. The van der Waals surface area contributed by atoms with Crippen molar-refractivity contribution >= 4 is 29.3 Å². The smallest absolute Gasteiger partial charge is 0.338 e. The van der Waals surface area contributed by atoms with Crippen molar-refractivity contribution in [2.75, 3.05) is 32.7 Å². The van der Waals surface area contributed by atoms with Gasteiger partial charge in [0.05, 0.1) is 41.7 Å². The quantitative estimate of drug-likeness (QED) is 0.417. The molecule has 37 heavy (non-hydrogen) atoms. The summed E-state index contributed by atoms with van der Waals surface area (Å²) in [7, 11) is 5.31. The Morgan fingerprint density at radius 2 is 2.00 bits per heavy atom. The minimum Gasteiger partial charge on any atom is -0.493 e. The van der Waals surface area contributed by atoms with E-state index in [1.165, 1.54) is 15.9 Å². The lowest BCUT2D eigenvalue weighted by molar-refractivity contribution is -0.139. The van der Waals surface area contributed by atoms with Gasteiger partial charge in [-0.2, -0.15) is 0 Å². The van der Waals surface area contributed by atoms with Gasteiger partial charge in [0.2, 0.25) is 0 Å². The van der Waals surface area contributed by atoms with Crippen LogP contribution in [0.1, 0.15) is 45.1 Å². The van der Waals surface area contributed by atoms with E-state index in [4.69, 9.17) is 18.6 Å². The molecule has 10 heteroatoms. The number of nitrogens with zero attached hydrogens (tertiary/aromatic N) is 3. The number of carbonyl (C=O) groups excluding carboxylic acids is 1. The van der Waals surface area contributed by atoms with Crippen LogP contribution in [0.3, 0.4) is 0 Å². The van der Waals surface area contributed by atoms with Gasteiger partial charge in [-0.05, 0) is 51.5 Å². The SMILES string of the molecule is CCOC(=O)C1=C(C)N=c2s/c(=C\c3ccc(N(C)C)o3)c(=O)n2[C@@H]1c1ccc(OC(C)C)c(OC)c1. The normalized spacial score (nSPS) is 15.5. The Labute approximate surface area is 218 Å². The molecule has 1 aromatic carbocycles. The molecule has 3 heterocycles. The lowest BCUT2D eigenvalue weighted by Crippen LogP contribution is -2.40. The zero-order chi connectivity index (χ0) is 26.9. The average Bonchev–Trinajstić information content (AvgIpc) is 3.43. The molecule has 0 N–H and O–H groups in total. The Bertz CT molecular complexity index is 1530. The predicted octanol–water partition coefficient (Wildman–Crippen LogP) is 3.25. The molecule has 0 bridgehead atoms. The fourth-order valence-electron chi connectivity index (χ4n) is 4.10. The third-order valence-electron chi connectivity index (χ3n) is 5.71. The van der Waals surface area contributed by atoms with Crippen LogP contribution in [-0.4, -0.2) is 44.5 Å². The molecule has 0 amide bonds. The van der Waals surface area contributed by atoms with Gasteiger partial charge in [-0.1, -0.05) is 17.4 Å². The van der Waals surface area contributed by atoms with Gasteiger partial charge in [0.15, 0.2) is 22.2 Å². The first-order valence-electron chi connectivity index (χ1n) is 12.0. The van der Waals surface area contributed by atoms with Crippen LogP contribution >= 0.6 is 11.3 Å². The summed E-state index contributed by atoms with van der Waals surface area (Å²) < 4.78 is 24.6. The van der Waals surface area contributed by atoms with E-state index in [2.05, 4.69) is 4.99 Å². The molecule has 0 aliphatic carbocycles. The molecule has 0 radical (unpaired) electrons. The number of hydrogen-bond acceptors (Lipinski definition) is 9. The zero-order valence-corrected chi connectivity index (χ0v) is 22.8. The number of esters is 1. The molecule has 4 rings (SSSR count). The number of fused-ring (bicyclic) bond motifs is 1. The summed E-state index contributed by atoms with van der Waals surface area (Å²) in [5.41, 5.74) is 1.18. The number of hydrogen-bond donors (Lipinski definition) is 0. The first-order chi connectivity index (χ1) is 17.6. The first-order valence-corrected chi connectivity index (χ1v) is 12.8. The number of rotatable bonds is 8. The van der Waals surface area contributed by atoms with Crippen molar-refractivity contribution in [3.63, 3.8) is 0 Å². The Kier molecular flexibility index (Phi) is 7.58. The van der Waals surface area contributed by atoms with Crippen LogP contribution in [0.4, 0.5) is 5.88 Å². The van der Waals surface area contributed by atoms with Crippen molar-refractivity contribution in [1.29, 1.82) is 0 Å². The topological polar surface area (TPSA) is 95.5 Å². The molecule has 3 aromatic rings. The number of ether oxygens (including phenoxy) is 3. The van der Waals surface area contributed by atoms with Crippen molar-refractivity contribution in [3.05, 3.63) is 72.6 Å². The summed E-state index contributed by atoms with van der Waals surface area (Å²) in [6.45, 7) is 7.54. The van der Waals surface area contributed by atoms with E-state index in [9.17, 15) is 9.59 Å². The second-order valence-corrected chi connectivity index (χ2v) is 9.96. The highest BCUT2D eigenvalue weighted by atomic mass is 32.1. The van der Waals surface area contributed by atoms with Crippen LogP contribution < -0.4 is 29.3 Å². The second kappa shape index (κ2) is 10.7. The summed E-state index contributed by atoms with van der Waals surface area (Å²) in [4.78, 5) is 33.8. The summed E-state index contributed by atoms with van der Waals surface area (Å²) >= 11 is 1.24. The van der Waals surface area contributed by atoms with E-state index in [-0.39, 0.29) is 18.3 Å². The van der Waals surface area contributed by atoms with Gasteiger partial charge in [-0.15, -0.1) is 0 Å². The van der Waals surface area contributed by atoms with E-state index >= 15 is 0 Å². The molecule has 0 saturated carbocycles. The van der Waals surface area contributed by atoms with E-state index in [0.29, 0.717) is 49.3 Å². The van der Waals surface area contributed by atoms with Gasteiger partial charge in [-0.3, -0.25) is 9.36 Å². The van der Waals surface area contributed by atoms with Gasteiger partial charge in [0.25, 0.3) is 5.56 Å². The summed E-state index contributed by atoms with van der Waals surface area (Å²) in [6, 6.07) is 8.28. The monoisotopic (exact) mass is 525 g/mol. The van der Waals surface area contributed by atoms with Crippen LogP contribution in [0.15, 0.2) is 55.8 Å². The van der Waals surface area contributed by atoms with Gasteiger partial charge in [0, 0.05) is 26.2 Å². The molecular formula is C27H31N3O6S. The standard InChI is InChI=1S/C27H31N3O6S/c1-8-34-26(32)23-16(4)28-27-30(24(23)17-9-11-19(35-15(2)3)20(13-17)33-7)25(31)21(37-27)14-18-10-12-22(36-18)29(5)6/h9-15,24H,8H2,1-7H3/b21-14-/t24-/m1/s1. The minimum absolute atomic E-state index is 0.0516. The van der Waals surface area contributed by atoms with Crippen LogP contribution in [0.5, 0.6) is 11.5 Å². The maximum atomic E-state index is 13.7. The van der Waals surface area contributed by atoms with Crippen LogP contribution in [-0.2, 0) is 9.53 Å². The molecule has 1 aliphatic heterocycles. The molecular weight excluding hydrogens is 494 g/mol. The summed E-state index contributed by atoms with van der Waals surface area (Å²) in [6.07, 6.45) is 1.64. The van der Waals surface area contributed by atoms with Crippen molar-refractivity contribution in [2.24, 2.45) is 4.99 Å². The van der Waals surface area contributed by atoms with E-state index in [1.807, 2.05) is 45.0 Å². The first kappa shape index (κ1) is 26.3. The number of thiazole rings is 1. The number of aromatic nitrogens is 1. The molecule has 1 aliphatic rings. The maximum absolute atomic E-state index is 13.7. The van der Waals surface area contributed by atoms with Crippen LogP contribution in [0.25, 0.3) is 6.08 Å². The number of methoxy groups -OCH3 is 1. The minimum atomic E-state index is -0.756. The van der Waals surface area contributed by atoms with Crippen LogP contribution in [0, 0.1) is 0 Å². The highest BCUT2D eigenvalue weighted by Gasteiger charge is 2.34. The molecule has 0 unspecified atom stereocenters. The molecule has 0 spiro atoms.